The highest BCUT2D eigenvalue weighted by molar-refractivity contribution is 6.08. The zero-order valence-corrected chi connectivity index (χ0v) is 15.4. The average molecular weight is 373 g/mol. The molecular formula is C19H23N3O5. The molecule has 1 saturated heterocycles. The van der Waals surface area contributed by atoms with E-state index in [0.717, 1.165) is 17.7 Å². The highest BCUT2D eigenvalue weighted by atomic mass is 16.5. The lowest BCUT2D eigenvalue weighted by Crippen LogP contribution is -2.44. The van der Waals surface area contributed by atoms with Crippen LogP contribution in [-0.4, -0.2) is 46.8 Å². The van der Waals surface area contributed by atoms with Gasteiger partial charge in [0.25, 0.3) is 11.8 Å². The molecule has 8 nitrogen and oxygen atoms in total. The van der Waals surface area contributed by atoms with Gasteiger partial charge in [-0.3, -0.25) is 19.3 Å². The number of nitrogens with one attached hydrogen (secondary N) is 2. The molecule has 1 heterocycles. The summed E-state index contributed by atoms with van der Waals surface area (Å²) in [6, 6.07) is 8.12. The molecule has 0 spiro atoms. The Hall–Kier alpha value is -2.90. The Morgan fingerprint density at radius 3 is 2.52 bits per heavy atom. The third-order valence-electron chi connectivity index (χ3n) is 4.85. The van der Waals surface area contributed by atoms with E-state index in [-0.39, 0.29) is 6.04 Å². The Morgan fingerprint density at radius 2 is 1.96 bits per heavy atom. The second kappa shape index (κ2) is 7.38. The molecule has 0 aromatic heterocycles. The van der Waals surface area contributed by atoms with Crippen LogP contribution in [0.2, 0.25) is 0 Å². The molecule has 0 unspecified atom stereocenters. The molecule has 2 atom stereocenters. The number of carbonyl (C=O) groups excluding carboxylic acids is 4. The van der Waals surface area contributed by atoms with Crippen LogP contribution in [0.5, 0.6) is 0 Å². The minimum Gasteiger partial charge on any atom is -0.446 e. The summed E-state index contributed by atoms with van der Waals surface area (Å²) in [7, 11) is 0. The van der Waals surface area contributed by atoms with Gasteiger partial charge >= 0.3 is 12.0 Å². The lowest BCUT2D eigenvalue weighted by molar-refractivity contribution is -0.158. The van der Waals surface area contributed by atoms with Crippen LogP contribution in [0.25, 0.3) is 0 Å². The number of benzene rings is 1. The molecule has 1 aromatic carbocycles. The number of esters is 1. The van der Waals surface area contributed by atoms with Gasteiger partial charge < -0.3 is 15.4 Å². The number of rotatable bonds is 7. The van der Waals surface area contributed by atoms with Crippen molar-refractivity contribution in [3.63, 3.8) is 0 Å². The van der Waals surface area contributed by atoms with E-state index < -0.39 is 42.0 Å². The zero-order chi connectivity index (χ0) is 19.6. The van der Waals surface area contributed by atoms with Crippen molar-refractivity contribution in [2.24, 2.45) is 0 Å². The first-order chi connectivity index (χ1) is 12.8. The first-order valence-electron chi connectivity index (χ1n) is 9.03. The summed E-state index contributed by atoms with van der Waals surface area (Å²) in [5, 5.41) is 5.39. The van der Waals surface area contributed by atoms with Gasteiger partial charge in [-0.2, -0.15) is 0 Å². The number of hydrogen-bond acceptors (Lipinski definition) is 5. The summed E-state index contributed by atoms with van der Waals surface area (Å²) in [5.41, 5.74) is -0.501. The molecule has 2 fully saturated rings. The van der Waals surface area contributed by atoms with Crippen LogP contribution in [0.15, 0.2) is 30.3 Å². The van der Waals surface area contributed by atoms with Crippen molar-refractivity contribution in [3.05, 3.63) is 35.9 Å². The van der Waals surface area contributed by atoms with E-state index in [1.54, 1.807) is 44.2 Å². The van der Waals surface area contributed by atoms with E-state index in [1.807, 2.05) is 0 Å². The first kappa shape index (κ1) is 18.9. The summed E-state index contributed by atoms with van der Waals surface area (Å²) in [6.07, 6.45) is 1.08. The largest absolute Gasteiger partial charge is 0.446 e. The number of ether oxygens (including phenoxy) is 1. The molecule has 4 amide bonds. The van der Waals surface area contributed by atoms with Crippen molar-refractivity contribution in [1.29, 1.82) is 0 Å². The van der Waals surface area contributed by atoms with Crippen molar-refractivity contribution >= 4 is 23.8 Å². The summed E-state index contributed by atoms with van der Waals surface area (Å²) in [6.45, 7) is 2.84. The molecule has 1 aliphatic heterocycles. The van der Waals surface area contributed by atoms with Gasteiger partial charge in [-0.05, 0) is 26.2 Å². The van der Waals surface area contributed by atoms with Gasteiger partial charge in [-0.25, -0.2) is 4.79 Å². The van der Waals surface area contributed by atoms with E-state index in [9.17, 15) is 19.2 Å². The number of hydrogen-bond donors (Lipinski definition) is 2. The SMILES string of the molecule is CC[C@@]1(C)NC(=O)N(CC(=O)O[C@H](C(=O)NC2CC2)c2ccccc2)C1=O. The predicted octanol–water partition coefficient (Wildman–Crippen LogP) is 1.27. The third-order valence-corrected chi connectivity index (χ3v) is 4.85. The fourth-order valence-corrected chi connectivity index (χ4v) is 2.83. The van der Waals surface area contributed by atoms with E-state index in [0.29, 0.717) is 12.0 Å². The first-order valence-corrected chi connectivity index (χ1v) is 9.03. The van der Waals surface area contributed by atoms with Gasteiger partial charge in [-0.15, -0.1) is 0 Å². The van der Waals surface area contributed by atoms with Crippen LogP contribution in [0, 0.1) is 0 Å². The van der Waals surface area contributed by atoms with Gasteiger partial charge in [-0.1, -0.05) is 37.3 Å². The molecule has 8 heteroatoms. The number of urea groups is 1. The van der Waals surface area contributed by atoms with Crippen molar-refractivity contribution in [2.45, 2.75) is 50.8 Å². The van der Waals surface area contributed by atoms with Crippen LogP contribution in [0.3, 0.4) is 0 Å². The smallest absolute Gasteiger partial charge is 0.327 e. The molecule has 1 aromatic rings. The summed E-state index contributed by atoms with van der Waals surface area (Å²) >= 11 is 0. The Labute approximate surface area is 157 Å². The number of amides is 4. The number of carbonyl (C=O) groups is 4. The zero-order valence-electron chi connectivity index (χ0n) is 15.4. The van der Waals surface area contributed by atoms with Crippen LogP contribution in [0.4, 0.5) is 4.79 Å². The molecule has 144 valence electrons. The molecular weight excluding hydrogens is 350 g/mol. The molecule has 2 N–H and O–H groups in total. The topological polar surface area (TPSA) is 105 Å². The van der Waals surface area contributed by atoms with Gasteiger partial charge in [0.05, 0.1) is 0 Å². The Balaban J connectivity index is 1.70. The molecule has 1 aliphatic carbocycles. The van der Waals surface area contributed by atoms with Crippen molar-refractivity contribution in [1.82, 2.24) is 15.5 Å². The van der Waals surface area contributed by atoms with E-state index in [4.69, 9.17) is 4.74 Å². The van der Waals surface area contributed by atoms with Crippen LogP contribution in [0.1, 0.15) is 44.8 Å². The standard InChI is InChI=1S/C19H23N3O5/c1-3-19(2)17(25)22(18(26)21-19)11-14(23)27-15(12-7-5-4-6-8-12)16(24)20-13-9-10-13/h4-8,13,15H,3,9-11H2,1-2H3,(H,20,24)(H,21,26)/t15-,19+/m0/s1. The van der Waals surface area contributed by atoms with E-state index >= 15 is 0 Å². The highest BCUT2D eigenvalue weighted by Crippen LogP contribution is 2.24. The van der Waals surface area contributed by atoms with Gasteiger partial charge in [0.15, 0.2) is 0 Å². The molecule has 27 heavy (non-hydrogen) atoms. The molecule has 3 rings (SSSR count). The van der Waals surface area contributed by atoms with E-state index in [1.165, 1.54) is 0 Å². The fraction of sp³-hybridized carbons (Fsp3) is 0.474. The Morgan fingerprint density at radius 1 is 1.30 bits per heavy atom. The average Bonchev–Trinajstić information content (AvgIpc) is 3.44. The van der Waals surface area contributed by atoms with E-state index in [2.05, 4.69) is 10.6 Å². The Bertz CT molecular complexity index is 762. The van der Waals surface area contributed by atoms with Gasteiger partial charge in [0.1, 0.15) is 12.1 Å². The summed E-state index contributed by atoms with van der Waals surface area (Å²) in [4.78, 5) is 50.2. The minimum atomic E-state index is -1.13. The van der Waals surface area contributed by atoms with Crippen LogP contribution in [-0.2, 0) is 19.1 Å². The number of imide groups is 1. The number of nitrogens with zero attached hydrogens (tertiary/aromatic N) is 1. The predicted molar refractivity (Wildman–Crippen MR) is 95.4 cm³/mol. The quantitative estimate of drug-likeness (QED) is 0.553. The summed E-state index contributed by atoms with van der Waals surface area (Å²) < 4.78 is 5.36. The normalized spacial score (nSPS) is 23.0. The highest BCUT2D eigenvalue weighted by Gasteiger charge is 2.47. The van der Waals surface area contributed by atoms with Crippen LogP contribution >= 0.6 is 0 Å². The Kier molecular flexibility index (Phi) is 5.16. The van der Waals surface area contributed by atoms with Crippen molar-refractivity contribution in [2.75, 3.05) is 6.54 Å². The maximum Gasteiger partial charge on any atom is 0.327 e. The molecule has 2 aliphatic rings. The lowest BCUT2D eigenvalue weighted by Gasteiger charge is -2.21. The lowest BCUT2D eigenvalue weighted by atomic mass is 9.99. The van der Waals surface area contributed by atoms with Gasteiger partial charge in [0.2, 0.25) is 6.10 Å². The second-order valence-electron chi connectivity index (χ2n) is 7.07. The van der Waals surface area contributed by atoms with Gasteiger partial charge in [0, 0.05) is 11.6 Å². The molecule has 1 saturated carbocycles. The molecule has 0 radical (unpaired) electrons. The maximum atomic E-state index is 12.5. The second-order valence-corrected chi connectivity index (χ2v) is 7.07. The van der Waals surface area contributed by atoms with Crippen molar-refractivity contribution in [3.8, 4) is 0 Å². The maximum absolute atomic E-state index is 12.5. The fourth-order valence-electron chi connectivity index (χ4n) is 2.83. The van der Waals surface area contributed by atoms with Crippen LogP contribution < -0.4 is 10.6 Å². The monoisotopic (exact) mass is 373 g/mol. The summed E-state index contributed by atoms with van der Waals surface area (Å²) in [5.74, 6) is -1.71. The minimum absolute atomic E-state index is 0.110. The third kappa shape index (κ3) is 4.10. The van der Waals surface area contributed by atoms with Crippen molar-refractivity contribution < 1.29 is 23.9 Å². The molecule has 0 bridgehead atoms.